The second-order valence-corrected chi connectivity index (χ2v) is 5.37. The van der Waals surface area contributed by atoms with Crippen LogP contribution in [0.15, 0.2) is 41.8 Å². The zero-order valence-electron chi connectivity index (χ0n) is 10.3. The minimum atomic E-state index is 0.484. The number of nitrogens with zero attached hydrogens (tertiary/aromatic N) is 1. The van der Waals surface area contributed by atoms with Gasteiger partial charge in [-0.25, -0.2) is 0 Å². The number of thiophene rings is 1. The number of anilines is 2. The van der Waals surface area contributed by atoms with E-state index < -0.39 is 0 Å². The molecule has 0 radical (unpaired) electrons. The molecular weight excluding hydrogens is 228 g/mol. The fraction of sp³-hybridized carbons (Fsp3) is 0.286. The van der Waals surface area contributed by atoms with Gasteiger partial charge in [-0.05, 0) is 42.6 Å². The van der Waals surface area contributed by atoms with Gasteiger partial charge in [0.15, 0.2) is 0 Å². The average Bonchev–Trinajstić information content (AvgIpc) is 2.82. The minimum absolute atomic E-state index is 0.484. The molecule has 1 unspecified atom stereocenters. The van der Waals surface area contributed by atoms with Crippen LogP contribution in [-0.4, -0.2) is 13.1 Å². The van der Waals surface area contributed by atoms with Crippen molar-refractivity contribution in [3.63, 3.8) is 0 Å². The molecule has 1 heterocycles. The van der Waals surface area contributed by atoms with E-state index in [9.17, 15) is 0 Å². The van der Waals surface area contributed by atoms with Crippen LogP contribution in [0.5, 0.6) is 0 Å². The summed E-state index contributed by atoms with van der Waals surface area (Å²) in [5.41, 5.74) is 7.72. The highest BCUT2D eigenvalue weighted by molar-refractivity contribution is 7.09. The van der Waals surface area contributed by atoms with Crippen LogP contribution in [0.2, 0.25) is 0 Å². The van der Waals surface area contributed by atoms with Crippen LogP contribution in [0.1, 0.15) is 11.8 Å². The molecule has 17 heavy (non-hydrogen) atoms. The lowest BCUT2D eigenvalue weighted by molar-refractivity contribution is 0.688. The van der Waals surface area contributed by atoms with Crippen molar-refractivity contribution in [2.75, 3.05) is 17.7 Å². The van der Waals surface area contributed by atoms with Crippen LogP contribution < -0.4 is 10.6 Å². The molecule has 0 bridgehead atoms. The molecule has 2 aromatic rings. The van der Waals surface area contributed by atoms with Gasteiger partial charge in [0.2, 0.25) is 0 Å². The zero-order valence-corrected chi connectivity index (χ0v) is 11.1. The third kappa shape index (κ3) is 3.01. The first-order valence-electron chi connectivity index (χ1n) is 5.77. The Balaban J connectivity index is 2.04. The molecule has 1 aromatic heterocycles. The molecule has 0 amide bonds. The fourth-order valence-corrected chi connectivity index (χ4v) is 2.65. The highest BCUT2D eigenvalue weighted by Gasteiger charge is 2.11. The van der Waals surface area contributed by atoms with E-state index in [1.54, 1.807) is 0 Å². The normalized spacial score (nSPS) is 12.4. The summed E-state index contributed by atoms with van der Waals surface area (Å²) < 4.78 is 0. The first-order valence-corrected chi connectivity index (χ1v) is 6.65. The van der Waals surface area contributed by atoms with Gasteiger partial charge in [0.05, 0.1) is 0 Å². The van der Waals surface area contributed by atoms with Gasteiger partial charge in [-0.1, -0.05) is 6.07 Å². The molecular formula is C14H18N2S. The van der Waals surface area contributed by atoms with Crippen LogP contribution in [0.25, 0.3) is 0 Å². The third-order valence-electron chi connectivity index (χ3n) is 3.04. The van der Waals surface area contributed by atoms with Crippen LogP contribution in [0.3, 0.4) is 0 Å². The van der Waals surface area contributed by atoms with Crippen molar-refractivity contribution in [2.24, 2.45) is 0 Å². The van der Waals surface area contributed by atoms with Crippen molar-refractivity contribution >= 4 is 22.7 Å². The van der Waals surface area contributed by atoms with Gasteiger partial charge in [-0.2, -0.15) is 0 Å². The summed E-state index contributed by atoms with van der Waals surface area (Å²) >= 11 is 1.82. The zero-order chi connectivity index (χ0) is 12.3. The summed E-state index contributed by atoms with van der Waals surface area (Å²) in [7, 11) is 2.13. The molecule has 2 rings (SSSR count). The van der Waals surface area contributed by atoms with Crippen LogP contribution in [-0.2, 0) is 6.42 Å². The summed E-state index contributed by atoms with van der Waals surface area (Å²) in [6.07, 6.45) is 1.08. The fourth-order valence-electron chi connectivity index (χ4n) is 1.82. The molecule has 1 atom stereocenters. The number of benzene rings is 1. The van der Waals surface area contributed by atoms with Crippen molar-refractivity contribution in [3.05, 3.63) is 46.7 Å². The summed E-state index contributed by atoms with van der Waals surface area (Å²) in [5.74, 6) is 0. The lowest BCUT2D eigenvalue weighted by atomic mass is 10.1. The number of hydrogen-bond acceptors (Lipinski definition) is 3. The van der Waals surface area contributed by atoms with E-state index in [4.69, 9.17) is 5.73 Å². The Morgan fingerprint density at radius 2 is 1.94 bits per heavy atom. The number of nitrogens with two attached hydrogens (primary N) is 1. The van der Waals surface area contributed by atoms with Crippen molar-refractivity contribution in [3.8, 4) is 0 Å². The second kappa shape index (κ2) is 5.23. The Morgan fingerprint density at radius 3 is 2.53 bits per heavy atom. The van der Waals surface area contributed by atoms with E-state index >= 15 is 0 Å². The van der Waals surface area contributed by atoms with E-state index in [0.29, 0.717) is 6.04 Å². The Morgan fingerprint density at radius 1 is 1.24 bits per heavy atom. The second-order valence-electron chi connectivity index (χ2n) is 4.33. The quantitative estimate of drug-likeness (QED) is 0.838. The van der Waals surface area contributed by atoms with Crippen molar-refractivity contribution in [2.45, 2.75) is 19.4 Å². The SMILES string of the molecule is CC(Cc1cccs1)N(C)c1ccc(N)cc1. The maximum absolute atomic E-state index is 5.70. The molecule has 0 saturated carbocycles. The molecule has 0 fully saturated rings. The molecule has 0 saturated heterocycles. The van der Waals surface area contributed by atoms with E-state index in [1.807, 2.05) is 23.5 Å². The number of likely N-dealkylation sites (N-methyl/N-ethyl adjacent to an activating group) is 1. The number of hydrogen-bond donors (Lipinski definition) is 1. The van der Waals surface area contributed by atoms with Crippen molar-refractivity contribution in [1.29, 1.82) is 0 Å². The molecule has 2 N–H and O–H groups in total. The van der Waals surface area contributed by atoms with Crippen molar-refractivity contribution in [1.82, 2.24) is 0 Å². The Kier molecular flexibility index (Phi) is 3.69. The third-order valence-corrected chi connectivity index (χ3v) is 3.94. The summed E-state index contributed by atoms with van der Waals surface area (Å²) in [4.78, 5) is 3.72. The topological polar surface area (TPSA) is 29.3 Å². The lowest BCUT2D eigenvalue weighted by Crippen LogP contribution is -2.30. The van der Waals surface area contributed by atoms with E-state index in [2.05, 4.69) is 48.5 Å². The molecule has 0 aliphatic rings. The largest absolute Gasteiger partial charge is 0.399 e. The van der Waals surface area contributed by atoms with Gasteiger partial charge < -0.3 is 10.6 Å². The molecule has 1 aromatic carbocycles. The predicted molar refractivity (Wildman–Crippen MR) is 76.7 cm³/mol. The first kappa shape index (κ1) is 12.0. The van der Waals surface area contributed by atoms with Crippen LogP contribution >= 0.6 is 11.3 Å². The van der Waals surface area contributed by atoms with Gasteiger partial charge >= 0.3 is 0 Å². The highest BCUT2D eigenvalue weighted by Crippen LogP contribution is 2.20. The standard InChI is InChI=1S/C14H18N2S/c1-11(10-14-4-3-9-17-14)16(2)13-7-5-12(15)6-8-13/h3-9,11H,10,15H2,1-2H3. The van der Waals surface area contributed by atoms with Gasteiger partial charge in [-0.3, -0.25) is 0 Å². The van der Waals surface area contributed by atoms with Gasteiger partial charge in [-0.15, -0.1) is 11.3 Å². The monoisotopic (exact) mass is 246 g/mol. The number of rotatable bonds is 4. The Labute approximate surface area is 107 Å². The molecule has 0 aliphatic carbocycles. The highest BCUT2D eigenvalue weighted by atomic mass is 32.1. The van der Waals surface area contributed by atoms with E-state index in [-0.39, 0.29) is 0 Å². The first-order chi connectivity index (χ1) is 8.16. The van der Waals surface area contributed by atoms with Crippen molar-refractivity contribution < 1.29 is 0 Å². The van der Waals surface area contributed by atoms with Crippen LogP contribution in [0, 0.1) is 0 Å². The summed E-state index contributed by atoms with van der Waals surface area (Å²) in [5, 5.41) is 2.13. The summed E-state index contributed by atoms with van der Waals surface area (Å²) in [6, 6.07) is 12.8. The van der Waals surface area contributed by atoms with Gasteiger partial charge in [0, 0.05) is 35.8 Å². The molecule has 90 valence electrons. The predicted octanol–water partition coefficient (Wildman–Crippen LogP) is 3.40. The van der Waals surface area contributed by atoms with E-state index in [0.717, 1.165) is 12.1 Å². The van der Waals surface area contributed by atoms with Gasteiger partial charge in [0.25, 0.3) is 0 Å². The van der Waals surface area contributed by atoms with Gasteiger partial charge in [0.1, 0.15) is 0 Å². The maximum Gasteiger partial charge on any atom is 0.0367 e. The molecule has 0 aliphatic heterocycles. The Hall–Kier alpha value is -1.48. The minimum Gasteiger partial charge on any atom is -0.399 e. The lowest BCUT2D eigenvalue weighted by Gasteiger charge is -2.26. The van der Waals surface area contributed by atoms with E-state index in [1.165, 1.54) is 10.6 Å². The smallest absolute Gasteiger partial charge is 0.0367 e. The Bertz CT molecular complexity index is 448. The summed E-state index contributed by atoms with van der Waals surface area (Å²) in [6.45, 7) is 2.25. The number of nitrogen functional groups attached to an aromatic ring is 1. The average molecular weight is 246 g/mol. The molecule has 2 nitrogen and oxygen atoms in total. The molecule has 3 heteroatoms. The maximum atomic E-state index is 5.70. The van der Waals surface area contributed by atoms with Crippen LogP contribution in [0.4, 0.5) is 11.4 Å². The molecule has 0 spiro atoms.